The van der Waals surface area contributed by atoms with Gasteiger partial charge in [0, 0.05) is 13.5 Å². The molecule has 124 valence electrons. The van der Waals surface area contributed by atoms with Gasteiger partial charge in [-0.3, -0.25) is 0 Å². The quantitative estimate of drug-likeness (QED) is 0.596. The summed E-state index contributed by atoms with van der Waals surface area (Å²) in [7, 11) is 1.66. The van der Waals surface area contributed by atoms with Crippen LogP contribution in [-0.2, 0) is 23.7 Å². The summed E-state index contributed by atoms with van der Waals surface area (Å²) < 4.78 is 27.5. The molecule has 1 unspecified atom stereocenters. The second-order valence-corrected chi connectivity index (χ2v) is 5.66. The largest absolute Gasteiger partial charge is 0.382 e. The van der Waals surface area contributed by atoms with Crippen molar-refractivity contribution in [1.29, 1.82) is 0 Å². The highest BCUT2D eigenvalue weighted by Crippen LogP contribution is 2.34. The van der Waals surface area contributed by atoms with Gasteiger partial charge in [-0.1, -0.05) is 0 Å². The number of rotatable bonds is 10. The molecule has 2 fully saturated rings. The summed E-state index contributed by atoms with van der Waals surface area (Å²) in [6, 6.07) is 0. The minimum atomic E-state index is 0.0754. The van der Waals surface area contributed by atoms with Gasteiger partial charge in [0.05, 0.1) is 58.0 Å². The lowest BCUT2D eigenvalue weighted by Crippen LogP contribution is -2.41. The van der Waals surface area contributed by atoms with E-state index in [0.29, 0.717) is 39.6 Å². The Balaban J connectivity index is 1.43. The molecule has 0 aromatic heterocycles. The second kappa shape index (κ2) is 9.71. The zero-order valence-corrected chi connectivity index (χ0v) is 13.1. The molecule has 21 heavy (non-hydrogen) atoms. The fourth-order valence-corrected chi connectivity index (χ4v) is 2.88. The molecule has 2 saturated heterocycles. The molecule has 1 spiro atoms. The summed E-state index contributed by atoms with van der Waals surface area (Å²) in [5.41, 5.74) is 0.0754. The van der Waals surface area contributed by atoms with Crippen molar-refractivity contribution in [2.24, 2.45) is 0 Å². The maximum Gasteiger partial charge on any atom is 0.0837 e. The second-order valence-electron chi connectivity index (χ2n) is 5.66. The maximum atomic E-state index is 5.99. The van der Waals surface area contributed by atoms with Crippen molar-refractivity contribution in [3.8, 4) is 0 Å². The van der Waals surface area contributed by atoms with Crippen LogP contribution in [0, 0.1) is 0 Å². The molecule has 2 aliphatic rings. The highest BCUT2D eigenvalue weighted by Gasteiger charge is 2.41. The van der Waals surface area contributed by atoms with Gasteiger partial charge in [0.2, 0.25) is 0 Å². The average Bonchev–Trinajstić information content (AvgIpc) is 2.89. The number of ether oxygens (including phenoxy) is 5. The van der Waals surface area contributed by atoms with Crippen molar-refractivity contribution in [2.75, 3.05) is 66.4 Å². The first-order valence-electron chi connectivity index (χ1n) is 7.95. The summed E-state index contributed by atoms with van der Waals surface area (Å²) in [4.78, 5) is 0. The van der Waals surface area contributed by atoms with Crippen LogP contribution in [0.2, 0.25) is 0 Å². The zero-order valence-electron chi connectivity index (χ0n) is 13.1. The van der Waals surface area contributed by atoms with Crippen molar-refractivity contribution >= 4 is 0 Å². The predicted octanol–water partition coefficient (Wildman–Crippen LogP) is 0.594. The van der Waals surface area contributed by atoms with Crippen LogP contribution < -0.4 is 5.32 Å². The van der Waals surface area contributed by atoms with Crippen LogP contribution in [0.4, 0.5) is 0 Å². The number of piperidine rings is 1. The third-order valence-corrected chi connectivity index (χ3v) is 4.07. The van der Waals surface area contributed by atoms with Gasteiger partial charge in [-0.15, -0.1) is 0 Å². The molecular formula is C15H29NO5. The van der Waals surface area contributed by atoms with Gasteiger partial charge in [0.1, 0.15) is 0 Å². The Morgan fingerprint density at radius 1 is 1.00 bits per heavy atom. The van der Waals surface area contributed by atoms with Crippen LogP contribution in [0.1, 0.15) is 19.3 Å². The summed E-state index contributed by atoms with van der Waals surface area (Å²) in [5, 5.41) is 3.37. The van der Waals surface area contributed by atoms with Crippen LogP contribution in [0.3, 0.4) is 0 Å². The smallest absolute Gasteiger partial charge is 0.0837 e. The molecule has 2 heterocycles. The summed E-state index contributed by atoms with van der Waals surface area (Å²) in [5.74, 6) is 0. The first kappa shape index (κ1) is 17.1. The third kappa shape index (κ3) is 6.18. The standard InChI is InChI=1S/C15H29NO5/c1-17-6-7-18-8-9-19-10-11-20-14-12-15(21-13-14)2-4-16-5-3-15/h14,16H,2-13H2,1H3. The van der Waals surface area contributed by atoms with Crippen molar-refractivity contribution < 1.29 is 23.7 Å². The van der Waals surface area contributed by atoms with Crippen molar-refractivity contribution in [3.05, 3.63) is 0 Å². The molecular weight excluding hydrogens is 274 g/mol. The van der Waals surface area contributed by atoms with E-state index in [1.165, 1.54) is 0 Å². The van der Waals surface area contributed by atoms with Gasteiger partial charge >= 0.3 is 0 Å². The molecule has 0 radical (unpaired) electrons. The van der Waals surface area contributed by atoms with Crippen LogP contribution in [-0.4, -0.2) is 78.2 Å². The molecule has 0 saturated carbocycles. The van der Waals surface area contributed by atoms with Gasteiger partial charge in [0.15, 0.2) is 0 Å². The molecule has 0 aromatic carbocycles. The topological polar surface area (TPSA) is 58.2 Å². The Hall–Kier alpha value is -0.240. The molecule has 6 heteroatoms. The van der Waals surface area contributed by atoms with Crippen molar-refractivity contribution in [2.45, 2.75) is 31.0 Å². The zero-order chi connectivity index (χ0) is 14.8. The summed E-state index contributed by atoms with van der Waals surface area (Å²) >= 11 is 0. The monoisotopic (exact) mass is 303 g/mol. The van der Waals surface area contributed by atoms with Gasteiger partial charge in [-0.25, -0.2) is 0 Å². The highest BCUT2D eigenvalue weighted by atomic mass is 16.6. The summed E-state index contributed by atoms with van der Waals surface area (Å²) in [6.45, 7) is 6.52. The Morgan fingerprint density at radius 2 is 1.67 bits per heavy atom. The molecule has 1 N–H and O–H groups in total. The van der Waals surface area contributed by atoms with Gasteiger partial charge < -0.3 is 29.0 Å². The number of hydrogen-bond acceptors (Lipinski definition) is 6. The van der Waals surface area contributed by atoms with Crippen LogP contribution in [0.15, 0.2) is 0 Å². The number of hydrogen-bond donors (Lipinski definition) is 1. The Morgan fingerprint density at radius 3 is 2.38 bits per heavy atom. The van der Waals surface area contributed by atoms with E-state index in [4.69, 9.17) is 23.7 Å². The van der Waals surface area contributed by atoms with E-state index in [-0.39, 0.29) is 11.7 Å². The van der Waals surface area contributed by atoms with E-state index in [1.54, 1.807) is 7.11 Å². The lowest BCUT2D eigenvalue weighted by molar-refractivity contribution is -0.0298. The van der Waals surface area contributed by atoms with E-state index in [9.17, 15) is 0 Å². The summed E-state index contributed by atoms with van der Waals surface area (Å²) in [6.07, 6.45) is 3.45. The van der Waals surface area contributed by atoms with E-state index < -0.39 is 0 Å². The predicted molar refractivity (Wildman–Crippen MR) is 78.7 cm³/mol. The molecule has 1 atom stereocenters. The molecule has 0 aromatic rings. The molecule has 0 amide bonds. The SMILES string of the molecule is COCCOCCOCCOC1COC2(CCNCC2)C1. The van der Waals surface area contributed by atoms with E-state index >= 15 is 0 Å². The fourth-order valence-electron chi connectivity index (χ4n) is 2.88. The normalized spacial score (nSPS) is 24.7. The minimum absolute atomic E-state index is 0.0754. The number of methoxy groups -OCH3 is 1. The Labute approximate surface area is 127 Å². The third-order valence-electron chi connectivity index (χ3n) is 4.07. The van der Waals surface area contributed by atoms with Gasteiger partial charge in [-0.2, -0.15) is 0 Å². The van der Waals surface area contributed by atoms with E-state index in [0.717, 1.165) is 39.0 Å². The first-order valence-corrected chi connectivity index (χ1v) is 7.95. The van der Waals surface area contributed by atoms with Gasteiger partial charge in [-0.05, 0) is 25.9 Å². The van der Waals surface area contributed by atoms with Crippen molar-refractivity contribution in [1.82, 2.24) is 5.32 Å². The molecule has 2 aliphatic heterocycles. The van der Waals surface area contributed by atoms with E-state index in [1.807, 2.05) is 0 Å². The van der Waals surface area contributed by atoms with Crippen molar-refractivity contribution in [3.63, 3.8) is 0 Å². The highest BCUT2D eigenvalue weighted by molar-refractivity contribution is 4.93. The lowest BCUT2D eigenvalue weighted by Gasteiger charge is -2.32. The maximum absolute atomic E-state index is 5.99. The van der Waals surface area contributed by atoms with Gasteiger partial charge in [0.25, 0.3) is 0 Å². The molecule has 6 nitrogen and oxygen atoms in total. The Bertz CT molecular complexity index is 271. The molecule has 2 rings (SSSR count). The lowest BCUT2D eigenvalue weighted by atomic mass is 9.89. The van der Waals surface area contributed by atoms with Crippen LogP contribution >= 0.6 is 0 Å². The van der Waals surface area contributed by atoms with Crippen LogP contribution in [0.5, 0.6) is 0 Å². The Kier molecular flexibility index (Phi) is 7.92. The fraction of sp³-hybridized carbons (Fsp3) is 1.00. The molecule has 0 aliphatic carbocycles. The minimum Gasteiger partial charge on any atom is -0.382 e. The first-order chi connectivity index (χ1) is 10.3. The average molecular weight is 303 g/mol. The van der Waals surface area contributed by atoms with E-state index in [2.05, 4.69) is 5.32 Å². The molecule has 0 bridgehead atoms. The van der Waals surface area contributed by atoms with Crippen LogP contribution in [0.25, 0.3) is 0 Å². The number of nitrogens with one attached hydrogen (secondary N) is 1.